The van der Waals surface area contributed by atoms with Crippen LogP contribution in [0.25, 0.3) is 22.6 Å². The molecule has 0 bridgehead atoms. The predicted octanol–water partition coefficient (Wildman–Crippen LogP) is 4.13. The summed E-state index contributed by atoms with van der Waals surface area (Å²) in [6, 6.07) is 6.36. The van der Waals surface area contributed by atoms with Gasteiger partial charge in [0.2, 0.25) is 5.91 Å². The second kappa shape index (κ2) is 7.22. The fraction of sp³-hybridized carbons (Fsp3) is 0.217. The Kier molecular flexibility index (Phi) is 4.55. The zero-order valence-electron chi connectivity index (χ0n) is 18.1. The quantitative estimate of drug-likeness (QED) is 0.435. The molecular weight excluding hydrogens is 430 g/mol. The van der Waals surface area contributed by atoms with Gasteiger partial charge in [0, 0.05) is 24.4 Å². The Morgan fingerprint density at radius 3 is 2.58 bits per heavy atom. The highest BCUT2D eigenvalue weighted by Gasteiger charge is 2.43. The fourth-order valence-electron chi connectivity index (χ4n) is 4.20. The number of H-pyrrole nitrogens is 2. The minimum atomic E-state index is -0.847. The number of nitrogens with one attached hydrogen (secondary N) is 3. The van der Waals surface area contributed by atoms with Crippen molar-refractivity contribution in [2.24, 2.45) is 0 Å². The third-order valence-electron chi connectivity index (χ3n) is 5.90. The van der Waals surface area contributed by atoms with Crippen molar-refractivity contribution < 1.29 is 18.4 Å². The molecule has 3 N–H and O–H groups in total. The molecule has 1 aliphatic rings. The van der Waals surface area contributed by atoms with Crippen molar-refractivity contribution in [1.82, 2.24) is 20.2 Å². The summed E-state index contributed by atoms with van der Waals surface area (Å²) < 4.78 is 27.0. The third-order valence-corrected chi connectivity index (χ3v) is 5.90. The lowest BCUT2D eigenvalue weighted by Crippen LogP contribution is -2.35. The van der Waals surface area contributed by atoms with Crippen LogP contribution >= 0.6 is 0 Å². The van der Waals surface area contributed by atoms with Crippen LogP contribution < -0.4 is 10.2 Å². The maximum atomic E-state index is 13.5. The number of imidazole rings is 1. The summed E-state index contributed by atoms with van der Waals surface area (Å²) in [6.45, 7) is 6.26. The number of aromatic amines is 2. The van der Waals surface area contributed by atoms with E-state index in [2.05, 4.69) is 25.5 Å². The maximum Gasteiger partial charge on any atom is 0.255 e. The number of benzene rings is 2. The van der Waals surface area contributed by atoms with E-state index in [-0.39, 0.29) is 11.5 Å². The summed E-state index contributed by atoms with van der Waals surface area (Å²) in [5, 5.41) is 9.45. The van der Waals surface area contributed by atoms with Crippen LogP contribution in [0.4, 0.5) is 20.2 Å². The largest absolute Gasteiger partial charge is 0.337 e. The average molecular weight is 450 g/mol. The third kappa shape index (κ3) is 3.25. The lowest BCUT2D eigenvalue weighted by Gasteiger charge is -2.18. The van der Waals surface area contributed by atoms with Crippen molar-refractivity contribution >= 4 is 34.2 Å². The lowest BCUT2D eigenvalue weighted by molar-refractivity contribution is -0.122. The standard InChI is InChI=1S/C23H20F2N6O2/c1-4-31-18-9-16-15(8-14(18)23(2,3)22(31)33)27-20(28-16)19-17(10-26-30-19)29-21(32)11-5-12(24)7-13(25)6-11/h5-10H,4H2,1-3H3,(H,26,30)(H,27,28)(H,29,32). The van der Waals surface area contributed by atoms with E-state index in [1.807, 2.05) is 32.9 Å². The van der Waals surface area contributed by atoms with Crippen molar-refractivity contribution in [2.75, 3.05) is 16.8 Å². The monoisotopic (exact) mass is 450 g/mol. The summed E-state index contributed by atoms with van der Waals surface area (Å²) in [7, 11) is 0. The molecule has 0 spiro atoms. The second-order valence-electron chi connectivity index (χ2n) is 8.41. The number of amides is 2. The van der Waals surface area contributed by atoms with Crippen molar-refractivity contribution in [3.63, 3.8) is 0 Å². The van der Waals surface area contributed by atoms with Gasteiger partial charge in [-0.25, -0.2) is 13.8 Å². The molecule has 3 heterocycles. The average Bonchev–Trinajstić information content (AvgIpc) is 3.42. The number of carbonyl (C=O) groups is 2. The molecular formula is C23H20F2N6O2. The van der Waals surface area contributed by atoms with Crippen LogP contribution in [0, 0.1) is 11.6 Å². The van der Waals surface area contributed by atoms with Gasteiger partial charge in [-0.2, -0.15) is 5.10 Å². The first kappa shape index (κ1) is 20.8. The smallest absolute Gasteiger partial charge is 0.255 e. The molecule has 0 atom stereocenters. The highest BCUT2D eigenvalue weighted by molar-refractivity contribution is 6.09. The van der Waals surface area contributed by atoms with Gasteiger partial charge in [-0.1, -0.05) is 0 Å². The van der Waals surface area contributed by atoms with Crippen LogP contribution in [0.2, 0.25) is 0 Å². The molecule has 0 saturated carbocycles. The van der Waals surface area contributed by atoms with E-state index in [1.165, 1.54) is 6.20 Å². The van der Waals surface area contributed by atoms with Gasteiger partial charge in [0.05, 0.1) is 27.8 Å². The van der Waals surface area contributed by atoms with E-state index in [0.717, 1.165) is 28.9 Å². The van der Waals surface area contributed by atoms with Gasteiger partial charge >= 0.3 is 0 Å². The van der Waals surface area contributed by atoms with E-state index in [4.69, 9.17) is 0 Å². The Morgan fingerprint density at radius 2 is 1.88 bits per heavy atom. The van der Waals surface area contributed by atoms with Gasteiger partial charge in [0.1, 0.15) is 11.6 Å². The topological polar surface area (TPSA) is 107 Å². The van der Waals surface area contributed by atoms with E-state index in [9.17, 15) is 18.4 Å². The summed E-state index contributed by atoms with van der Waals surface area (Å²) in [5.74, 6) is -1.95. The SMILES string of the molecule is CCN1C(=O)C(C)(C)c2cc3[nH]c(-c4n[nH]cc4NC(=O)c4cc(F)cc(F)c4)nc3cc21. The number of anilines is 2. The molecule has 4 aromatic rings. The lowest BCUT2D eigenvalue weighted by atomic mass is 9.86. The molecule has 1 aliphatic heterocycles. The van der Waals surface area contributed by atoms with Gasteiger partial charge in [-0.3, -0.25) is 14.7 Å². The minimum absolute atomic E-state index is 0.0407. The molecule has 0 fully saturated rings. The van der Waals surface area contributed by atoms with Gasteiger partial charge in [-0.05, 0) is 50.6 Å². The first-order chi connectivity index (χ1) is 15.7. The summed E-state index contributed by atoms with van der Waals surface area (Å²) in [4.78, 5) is 34.8. The number of hydrogen-bond donors (Lipinski definition) is 3. The molecule has 168 valence electrons. The predicted molar refractivity (Wildman–Crippen MR) is 119 cm³/mol. The van der Waals surface area contributed by atoms with Crippen LogP contribution in [-0.4, -0.2) is 38.5 Å². The van der Waals surface area contributed by atoms with Crippen LogP contribution in [0.3, 0.4) is 0 Å². The van der Waals surface area contributed by atoms with Gasteiger partial charge in [0.15, 0.2) is 11.5 Å². The fourth-order valence-corrected chi connectivity index (χ4v) is 4.20. The van der Waals surface area contributed by atoms with Crippen LogP contribution in [0.15, 0.2) is 36.5 Å². The second-order valence-corrected chi connectivity index (χ2v) is 8.41. The molecule has 2 aromatic heterocycles. The molecule has 5 rings (SSSR count). The number of aromatic nitrogens is 4. The summed E-state index contributed by atoms with van der Waals surface area (Å²) >= 11 is 0. The van der Waals surface area contributed by atoms with E-state index in [1.54, 1.807) is 4.90 Å². The normalized spacial score (nSPS) is 14.7. The minimum Gasteiger partial charge on any atom is -0.337 e. The number of halogens is 2. The summed E-state index contributed by atoms with van der Waals surface area (Å²) in [6.07, 6.45) is 1.46. The Morgan fingerprint density at radius 1 is 1.15 bits per heavy atom. The van der Waals surface area contributed by atoms with Gasteiger partial charge < -0.3 is 15.2 Å². The molecule has 0 unspecified atom stereocenters. The highest BCUT2D eigenvalue weighted by Crippen LogP contribution is 2.43. The van der Waals surface area contributed by atoms with Gasteiger partial charge in [0.25, 0.3) is 5.91 Å². The number of carbonyl (C=O) groups excluding carboxylic acids is 2. The summed E-state index contributed by atoms with van der Waals surface area (Å²) in [5.41, 5.74) is 2.89. The van der Waals surface area contributed by atoms with E-state index >= 15 is 0 Å². The van der Waals surface area contributed by atoms with Crippen molar-refractivity contribution in [3.8, 4) is 11.5 Å². The van der Waals surface area contributed by atoms with Crippen molar-refractivity contribution in [2.45, 2.75) is 26.2 Å². The molecule has 0 aliphatic carbocycles. The zero-order chi connectivity index (χ0) is 23.5. The molecule has 8 nitrogen and oxygen atoms in total. The first-order valence-electron chi connectivity index (χ1n) is 10.4. The molecule has 0 radical (unpaired) electrons. The number of nitrogens with zero attached hydrogens (tertiary/aromatic N) is 3. The van der Waals surface area contributed by atoms with Crippen LogP contribution in [0.1, 0.15) is 36.7 Å². The Bertz CT molecular complexity index is 1420. The van der Waals surface area contributed by atoms with Gasteiger partial charge in [-0.15, -0.1) is 0 Å². The number of hydrogen-bond acceptors (Lipinski definition) is 4. The van der Waals surface area contributed by atoms with Crippen molar-refractivity contribution in [1.29, 1.82) is 0 Å². The van der Waals surface area contributed by atoms with E-state index < -0.39 is 23.0 Å². The number of likely N-dealkylation sites (N-methyl/N-ethyl adjacent to an activating group) is 1. The Hall–Kier alpha value is -4.08. The van der Waals surface area contributed by atoms with E-state index in [0.29, 0.717) is 35.3 Å². The Balaban J connectivity index is 1.51. The molecule has 0 saturated heterocycles. The molecule has 2 aromatic carbocycles. The zero-order valence-corrected chi connectivity index (χ0v) is 18.1. The highest BCUT2D eigenvalue weighted by atomic mass is 19.1. The molecule has 2 amide bonds. The first-order valence-corrected chi connectivity index (χ1v) is 10.4. The van der Waals surface area contributed by atoms with Crippen molar-refractivity contribution in [3.05, 3.63) is 59.3 Å². The Labute approximate surface area is 187 Å². The number of rotatable bonds is 4. The molecule has 33 heavy (non-hydrogen) atoms. The van der Waals surface area contributed by atoms with Crippen LogP contribution in [0.5, 0.6) is 0 Å². The maximum absolute atomic E-state index is 13.5. The van der Waals surface area contributed by atoms with Crippen LogP contribution in [-0.2, 0) is 10.2 Å². The number of fused-ring (bicyclic) bond motifs is 2. The molecule has 10 heteroatoms.